The molecule has 0 aliphatic heterocycles. The first-order valence-corrected chi connectivity index (χ1v) is 8.86. The van der Waals surface area contributed by atoms with Gasteiger partial charge in [0.05, 0.1) is 5.25 Å². The van der Waals surface area contributed by atoms with Gasteiger partial charge in [0.2, 0.25) is 11.8 Å². The van der Waals surface area contributed by atoms with Crippen molar-refractivity contribution in [2.45, 2.75) is 30.9 Å². The summed E-state index contributed by atoms with van der Waals surface area (Å²) in [5.41, 5.74) is 0.468. The largest absolute Gasteiger partial charge is 0.478 e. The van der Waals surface area contributed by atoms with E-state index in [2.05, 4.69) is 15.8 Å². The van der Waals surface area contributed by atoms with Crippen LogP contribution in [-0.4, -0.2) is 33.3 Å². The third kappa shape index (κ3) is 6.30. The van der Waals surface area contributed by atoms with Crippen molar-refractivity contribution in [1.82, 2.24) is 5.16 Å². The number of carbonyl (C=O) groups excluding carboxylic acids is 2. The molecule has 0 spiro atoms. The lowest BCUT2D eigenvalue weighted by Gasteiger charge is -2.11. The molecule has 0 saturated carbocycles. The molecule has 2 rings (SSSR count). The molecule has 0 radical (unpaired) electrons. The molecule has 0 aliphatic carbocycles. The van der Waals surface area contributed by atoms with Crippen molar-refractivity contribution in [1.29, 1.82) is 0 Å². The maximum atomic E-state index is 12.2. The summed E-state index contributed by atoms with van der Waals surface area (Å²) in [7, 11) is 0. The number of carboxylic acids is 1. The van der Waals surface area contributed by atoms with Gasteiger partial charge in [0, 0.05) is 28.3 Å². The second-order valence-electron chi connectivity index (χ2n) is 5.72. The van der Waals surface area contributed by atoms with Crippen molar-refractivity contribution in [2.75, 3.05) is 10.6 Å². The topological polar surface area (TPSA) is 122 Å². The normalized spacial score (nSPS) is 12.3. The van der Waals surface area contributed by atoms with Crippen LogP contribution in [0.2, 0.25) is 0 Å². The maximum Gasteiger partial charge on any atom is 0.331 e. The molecule has 3 N–H and O–H groups in total. The minimum absolute atomic E-state index is 0.0539. The molecular formula is C18H19N3O5S. The lowest BCUT2D eigenvalue weighted by atomic mass is 10.2. The van der Waals surface area contributed by atoms with Crippen molar-refractivity contribution in [2.24, 2.45) is 0 Å². The molecule has 0 bridgehead atoms. The molecule has 142 valence electrons. The van der Waals surface area contributed by atoms with Crippen molar-refractivity contribution < 1.29 is 24.0 Å². The Labute approximate surface area is 160 Å². The third-order valence-corrected chi connectivity index (χ3v) is 4.48. The van der Waals surface area contributed by atoms with Crippen molar-refractivity contribution in [3.8, 4) is 0 Å². The van der Waals surface area contributed by atoms with Gasteiger partial charge in [-0.2, -0.15) is 0 Å². The quantitative estimate of drug-likeness (QED) is 0.491. The van der Waals surface area contributed by atoms with Gasteiger partial charge >= 0.3 is 5.97 Å². The van der Waals surface area contributed by atoms with Gasteiger partial charge in [0.15, 0.2) is 5.82 Å². The standard InChI is InChI=1S/C18H19N3O5S/c1-10(18(24)25)8-16(22)19-13-4-6-14(7-5-13)27-12(3)17(23)20-15-9-11(2)26-21-15/h4-9,12H,1-3H3,(H,19,22)(H,24,25)(H,20,21,23)/b10-8-/t12-/m1/s1. The number of hydrogen-bond donors (Lipinski definition) is 3. The van der Waals surface area contributed by atoms with Gasteiger partial charge in [-0.1, -0.05) is 5.16 Å². The summed E-state index contributed by atoms with van der Waals surface area (Å²) in [4.78, 5) is 35.5. The number of rotatable bonds is 7. The van der Waals surface area contributed by atoms with Crippen LogP contribution in [0.25, 0.3) is 0 Å². The van der Waals surface area contributed by atoms with E-state index < -0.39 is 11.9 Å². The zero-order chi connectivity index (χ0) is 20.0. The fourth-order valence-electron chi connectivity index (χ4n) is 1.96. The zero-order valence-electron chi connectivity index (χ0n) is 15.0. The number of amides is 2. The molecular weight excluding hydrogens is 370 g/mol. The van der Waals surface area contributed by atoms with Gasteiger partial charge in [-0.3, -0.25) is 9.59 Å². The van der Waals surface area contributed by atoms with Crippen LogP contribution >= 0.6 is 11.8 Å². The molecule has 1 aromatic carbocycles. The van der Waals surface area contributed by atoms with E-state index in [9.17, 15) is 14.4 Å². The van der Waals surface area contributed by atoms with Gasteiger partial charge in [-0.15, -0.1) is 11.8 Å². The summed E-state index contributed by atoms with van der Waals surface area (Å²) in [5.74, 6) is -0.903. The van der Waals surface area contributed by atoms with Crippen LogP contribution in [0.5, 0.6) is 0 Å². The number of thioether (sulfide) groups is 1. The molecule has 0 unspecified atom stereocenters. The third-order valence-electron chi connectivity index (χ3n) is 3.37. The number of hydrogen-bond acceptors (Lipinski definition) is 6. The monoisotopic (exact) mass is 389 g/mol. The summed E-state index contributed by atoms with van der Waals surface area (Å²) in [6.45, 7) is 4.84. The minimum Gasteiger partial charge on any atom is -0.478 e. The zero-order valence-corrected chi connectivity index (χ0v) is 15.8. The first kappa shape index (κ1) is 20.2. The van der Waals surface area contributed by atoms with E-state index in [1.54, 1.807) is 44.2 Å². The van der Waals surface area contributed by atoms with Crippen LogP contribution < -0.4 is 10.6 Å². The Morgan fingerprint density at radius 2 is 1.89 bits per heavy atom. The molecule has 0 aliphatic rings. The van der Waals surface area contributed by atoms with Crippen LogP contribution in [0, 0.1) is 6.92 Å². The van der Waals surface area contributed by atoms with E-state index in [1.807, 2.05) is 0 Å². The van der Waals surface area contributed by atoms with E-state index in [-0.39, 0.29) is 16.7 Å². The molecule has 8 nitrogen and oxygen atoms in total. The molecule has 0 fully saturated rings. The minimum atomic E-state index is -1.15. The van der Waals surface area contributed by atoms with E-state index >= 15 is 0 Å². The first-order chi connectivity index (χ1) is 12.7. The highest BCUT2D eigenvalue weighted by atomic mass is 32.2. The molecule has 2 amide bonds. The highest BCUT2D eigenvalue weighted by molar-refractivity contribution is 8.00. The highest BCUT2D eigenvalue weighted by Gasteiger charge is 2.16. The Morgan fingerprint density at radius 1 is 1.22 bits per heavy atom. The molecule has 0 saturated heterocycles. The summed E-state index contributed by atoms with van der Waals surface area (Å²) in [6, 6.07) is 8.51. The number of benzene rings is 1. The predicted octanol–water partition coefficient (Wildman–Crippen LogP) is 3.07. The molecule has 27 heavy (non-hydrogen) atoms. The summed E-state index contributed by atoms with van der Waals surface area (Å²) in [5, 5.41) is 17.4. The summed E-state index contributed by atoms with van der Waals surface area (Å²) in [6.07, 6.45) is 1.02. The van der Waals surface area contributed by atoms with E-state index in [4.69, 9.17) is 9.63 Å². The van der Waals surface area contributed by atoms with Crippen molar-refractivity contribution in [3.63, 3.8) is 0 Å². The number of carboxylic acid groups (broad SMARTS) is 1. The van der Waals surface area contributed by atoms with Crippen LogP contribution in [0.15, 0.2) is 51.4 Å². The van der Waals surface area contributed by atoms with Crippen molar-refractivity contribution >= 4 is 41.1 Å². The van der Waals surface area contributed by atoms with Gasteiger partial charge in [-0.25, -0.2) is 4.79 Å². The number of nitrogens with one attached hydrogen (secondary N) is 2. The fourth-order valence-corrected chi connectivity index (χ4v) is 2.83. The van der Waals surface area contributed by atoms with E-state index in [0.29, 0.717) is 17.3 Å². The van der Waals surface area contributed by atoms with Crippen LogP contribution in [0.1, 0.15) is 19.6 Å². The van der Waals surface area contributed by atoms with E-state index in [1.165, 1.54) is 18.7 Å². The fraction of sp³-hybridized carbons (Fsp3) is 0.222. The van der Waals surface area contributed by atoms with E-state index in [0.717, 1.165) is 11.0 Å². The van der Waals surface area contributed by atoms with Crippen LogP contribution in [0.3, 0.4) is 0 Å². The second kappa shape index (κ2) is 9.04. The molecule has 1 aromatic heterocycles. The highest BCUT2D eigenvalue weighted by Crippen LogP contribution is 2.25. The Bertz CT molecular complexity index is 873. The average Bonchev–Trinajstić information content (AvgIpc) is 3.01. The second-order valence-corrected chi connectivity index (χ2v) is 7.13. The molecule has 1 heterocycles. The summed E-state index contributed by atoms with van der Waals surface area (Å²) < 4.78 is 4.90. The average molecular weight is 389 g/mol. The number of aromatic nitrogens is 1. The number of anilines is 2. The SMILES string of the molecule is C/C(=C/C(=O)Nc1ccc(S[C@H](C)C(=O)Nc2cc(C)on2)cc1)C(=O)O. The van der Waals surface area contributed by atoms with Crippen LogP contribution in [0.4, 0.5) is 11.5 Å². The molecule has 9 heteroatoms. The Balaban J connectivity index is 1.90. The smallest absolute Gasteiger partial charge is 0.331 e. The van der Waals surface area contributed by atoms with Crippen molar-refractivity contribution in [3.05, 3.63) is 47.7 Å². The number of aliphatic carboxylic acids is 1. The van der Waals surface area contributed by atoms with Crippen LogP contribution in [-0.2, 0) is 14.4 Å². The number of nitrogens with zero attached hydrogens (tertiary/aromatic N) is 1. The summed E-state index contributed by atoms with van der Waals surface area (Å²) >= 11 is 1.35. The Kier molecular flexibility index (Phi) is 6.78. The molecule has 1 atom stereocenters. The number of carbonyl (C=O) groups is 3. The van der Waals surface area contributed by atoms with Gasteiger partial charge in [0.25, 0.3) is 0 Å². The molecule has 2 aromatic rings. The van der Waals surface area contributed by atoms with Gasteiger partial charge in [0.1, 0.15) is 5.76 Å². The predicted molar refractivity (Wildman–Crippen MR) is 102 cm³/mol. The first-order valence-electron chi connectivity index (χ1n) is 7.98. The number of aryl methyl sites for hydroxylation is 1. The Hall–Kier alpha value is -3.07. The maximum absolute atomic E-state index is 12.2. The lowest BCUT2D eigenvalue weighted by Crippen LogP contribution is -2.22. The van der Waals surface area contributed by atoms with Gasteiger partial charge in [-0.05, 0) is 45.0 Å². The van der Waals surface area contributed by atoms with Gasteiger partial charge < -0.3 is 20.3 Å². The Morgan fingerprint density at radius 3 is 2.44 bits per heavy atom. The lowest BCUT2D eigenvalue weighted by molar-refractivity contribution is -0.132.